The second kappa shape index (κ2) is 8.47. The number of methoxy groups -OCH3 is 1. The van der Waals surface area contributed by atoms with Crippen LogP contribution >= 0.6 is 22.7 Å². The molecule has 0 amide bonds. The number of ketones is 1. The van der Waals surface area contributed by atoms with Crippen LogP contribution in [0.1, 0.15) is 31.9 Å². The van der Waals surface area contributed by atoms with Crippen LogP contribution in [0.15, 0.2) is 39.8 Å². The Morgan fingerprint density at radius 1 is 1.28 bits per heavy atom. The number of thiophene rings is 1. The van der Waals surface area contributed by atoms with Gasteiger partial charge in [-0.3, -0.25) is 14.2 Å². The average molecular weight is 432 g/mol. The molecule has 2 aromatic heterocycles. The maximum absolute atomic E-state index is 14.1. The first-order valence-corrected chi connectivity index (χ1v) is 10.8. The number of aromatic nitrogens is 1. The first-order chi connectivity index (χ1) is 13.7. The quantitative estimate of drug-likeness (QED) is 0.622. The number of carbonyl (C=O) groups is 1. The van der Waals surface area contributed by atoms with Crippen LogP contribution in [0.3, 0.4) is 0 Å². The van der Waals surface area contributed by atoms with Gasteiger partial charge in [-0.2, -0.15) is 11.3 Å². The Bertz CT molecular complexity index is 1200. The van der Waals surface area contributed by atoms with Crippen molar-refractivity contribution in [3.05, 3.63) is 71.5 Å². The minimum absolute atomic E-state index is 0.0736. The number of carbonyl (C=O) groups excluding carboxylic acids is 1. The summed E-state index contributed by atoms with van der Waals surface area (Å²) in [5, 5.41) is 3.89. The smallest absolute Gasteiger partial charge is 0.269 e. The molecule has 0 fully saturated rings. The molecule has 1 aromatic carbocycles. The lowest BCUT2D eigenvalue weighted by molar-refractivity contribution is -0.120. The van der Waals surface area contributed by atoms with Gasteiger partial charge in [0, 0.05) is 11.5 Å². The molecule has 0 saturated carbocycles. The van der Waals surface area contributed by atoms with Crippen LogP contribution in [0.4, 0.5) is 4.39 Å². The molecular weight excluding hydrogens is 409 g/mol. The maximum atomic E-state index is 14.1. The van der Waals surface area contributed by atoms with E-state index >= 15 is 0 Å². The van der Waals surface area contributed by atoms with E-state index in [1.54, 1.807) is 17.4 Å². The van der Waals surface area contributed by atoms with Crippen LogP contribution in [-0.2, 0) is 11.3 Å². The lowest BCUT2D eigenvalue weighted by Gasteiger charge is -2.13. The summed E-state index contributed by atoms with van der Waals surface area (Å²) in [6.07, 6.45) is 3.32. The Balaban J connectivity index is 2.15. The standard InChI is InChI=1S/C22H22FNO3S2/c1-22(2,3)19(25)11-20-24(12-14-5-6-17(27-4)16(23)9-14)21(26)18(29-20)10-15-7-8-28-13-15/h5-11,13H,12H2,1-4H3. The van der Waals surface area contributed by atoms with Gasteiger partial charge in [-0.15, -0.1) is 11.3 Å². The third kappa shape index (κ3) is 4.92. The zero-order valence-electron chi connectivity index (χ0n) is 16.7. The number of rotatable bonds is 5. The topological polar surface area (TPSA) is 48.3 Å². The monoisotopic (exact) mass is 431 g/mol. The lowest BCUT2D eigenvalue weighted by Crippen LogP contribution is -2.32. The fraction of sp³-hybridized carbons (Fsp3) is 0.273. The Labute approximate surface area is 176 Å². The number of hydrogen-bond donors (Lipinski definition) is 0. The molecule has 0 aliphatic carbocycles. The Morgan fingerprint density at radius 3 is 2.62 bits per heavy atom. The van der Waals surface area contributed by atoms with Gasteiger partial charge in [0.1, 0.15) is 4.66 Å². The van der Waals surface area contributed by atoms with Gasteiger partial charge in [-0.1, -0.05) is 26.8 Å². The van der Waals surface area contributed by atoms with Gasteiger partial charge in [-0.25, -0.2) is 4.39 Å². The third-order valence-corrected chi connectivity index (χ3v) is 6.09. The van der Waals surface area contributed by atoms with Crippen LogP contribution in [0.5, 0.6) is 5.75 Å². The van der Waals surface area contributed by atoms with Crippen LogP contribution in [0.25, 0.3) is 12.2 Å². The molecular formula is C22H22FNO3S2. The number of ether oxygens (including phenoxy) is 1. The number of benzene rings is 1. The SMILES string of the molecule is COc1ccc(Cn2c(=CC(=O)C(C)(C)C)sc(=Cc3ccsc3)c2=O)cc1F. The molecule has 29 heavy (non-hydrogen) atoms. The van der Waals surface area contributed by atoms with Gasteiger partial charge in [0.05, 0.1) is 18.2 Å². The van der Waals surface area contributed by atoms with Crippen LogP contribution < -0.4 is 19.5 Å². The van der Waals surface area contributed by atoms with Crippen LogP contribution in [0, 0.1) is 11.2 Å². The summed E-state index contributed by atoms with van der Waals surface area (Å²) in [6, 6.07) is 6.52. The summed E-state index contributed by atoms with van der Waals surface area (Å²) in [5.74, 6) is -0.419. The summed E-state index contributed by atoms with van der Waals surface area (Å²) in [6.45, 7) is 5.66. The van der Waals surface area contributed by atoms with E-state index in [1.807, 2.05) is 43.7 Å². The van der Waals surface area contributed by atoms with E-state index < -0.39 is 11.2 Å². The summed E-state index contributed by atoms with van der Waals surface area (Å²) < 4.78 is 21.7. The molecule has 0 unspecified atom stereocenters. The highest BCUT2D eigenvalue weighted by Crippen LogP contribution is 2.18. The molecule has 0 bridgehead atoms. The number of thiazole rings is 1. The number of hydrogen-bond acceptors (Lipinski definition) is 5. The van der Waals surface area contributed by atoms with Crippen molar-refractivity contribution in [2.75, 3.05) is 7.11 Å². The normalized spacial score (nSPS) is 13.1. The van der Waals surface area contributed by atoms with Crippen LogP contribution in [0.2, 0.25) is 0 Å². The molecule has 0 saturated heterocycles. The van der Waals surface area contributed by atoms with Crippen LogP contribution in [-0.4, -0.2) is 17.5 Å². The predicted molar refractivity (Wildman–Crippen MR) is 117 cm³/mol. The third-order valence-electron chi connectivity index (χ3n) is 4.33. The largest absolute Gasteiger partial charge is 0.494 e. The highest BCUT2D eigenvalue weighted by atomic mass is 32.1. The zero-order chi connectivity index (χ0) is 21.2. The molecule has 0 aliphatic heterocycles. The summed E-state index contributed by atoms with van der Waals surface area (Å²) >= 11 is 2.81. The van der Waals surface area contributed by atoms with E-state index in [2.05, 4.69) is 0 Å². The van der Waals surface area contributed by atoms with Gasteiger partial charge in [0.15, 0.2) is 17.3 Å². The molecule has 4 nitrogen and oxygen atoms in total. The average Bonchev–Trinajstić information content (AvgIpc) is 3.25. The van der Waals surface area contributed by atoms with Gasteiger partial charge >= 0.3 is 0 Å². The molecule has 0 aliphatic rings. The van der Waals surface area contributed by atoms with E-state index in [0.717, 1.165) is 5.56 Å². The van der Waals surface area contributed by atoms with Crippen molar-refractivity contribution in [2.24, 2.45) is 5.41 Å². The second-order valence-corrected chi connectivity index (χ2v) is 9.47. The maximum Gasteiger partial charge on any atom is 0.269 e. The highest BCUT2D eigenvalue weighted by Gasteiger charge is 2.19. The second-order valence-electron chi connectivity index (χ2n) is 7.62. The van der Waals surface area contributed by atoms with Gasteiger partial charge in [0.25, 0.3) is 5.56 Å². The molecule has 3 aromatic rings. The molecule has 0 atom stereocenters. The van der Waals surface area contributed by atoms with Gasteiger partial charge in [-0.05, 0) is 46.2 Å². The van der Waals surface area contributed by atoms with E-state index in [9.17, 15) is 14.0 Å². The first kappa shape index (κ1) is 21.2. The fourth-order valence-corrected chi connectivity index (χ4v) is 4.28. The van der Waals surface area contributed by atoms with Crippen molar-refractivity contribution in [1.82, 2.24) is 4.57 Å². The van der Waals surface area contributed by atoms with E-state index in [4.69, 9.17) is 4.74 Å². The number of nitrogens with zero attached hydrogens (tertiary/aromatic N) is 1. The molecule has 0 radical (unpaired) electrons. The first-order valence-electron chi connectivity index (χ1n) is 9.01. The van der Waals surface area contributed by atoms with E-state index in [1.165, 1.54) is 41.2 Å². The van der Waals surface area contributed by atoms with Crippen molar-refractivity contribution in [3.63, 3.8) is 0 Å². The van der Waals surface area contributed by atoms with Gasteiger partial charge < -0.3 is 4.74 Å². The summed E-state index contributed by atoms with van der Waals surface area (Å²) in [7, 11) is 1.40. The fourth-order valence-electron chi connectivity index (χ4n) is 2.62. The van der Waals surface area contributed by atoms with Crippen molar-refractivity contribution in [2.45, 2.75) is 27.3 Å². The Morgan fingerprint density at radius 2 is 2.03 bits per heavy atom. The zero-order valence-corrected chi connectivity index (χ0v) is 18.3. The van der Waals surface area contributed by atoms with Crippen molar-refractivity contribution in [3.8, 4) is 5.75 Å². The lowest BCUT2D eigenvalue weighted by atomic mass is 9.91. The molecule has 152 valence electrons. The van der Waals surface area contributed by atoms with Crippen molar-refractivity contribution in [1.29, 1.82) is 0 Å². The molecule has 3 rings (SSSR count). The number of Topliss-reactive ketones (excluding diaryl/α,β-unsaturated/α-hetero) is 1. The molecule has 2 heterocycles. The molecule has 0 spiro atoms. The predicted octanol–water partition coefficient (Wildman–Crippen LogP) is 3.39. The van der Waals surface area contributed by atoms with E-state index in [0.29, 0.717) is 14.8 Å². The minimum atomic E-state index is -0.561. The molecule has 7 heteroatoms. The Hall–Kier alpha value is -2.51. The van der Waals surface area contributed by atoms with Gasteiger partial charge in [0.2, 0.25) is 0 Å². The summed E-state index contributed by atoms with van der Waals surface area (Å²) in [5.41, 5.74) is 0.784. The molecule has 0 N–H and O–H groups in total. The van der Waals surface area contributed by atoms with Crippen molar-refractivity contribution >= 4 is 40.6 Å². The Kier molecular flexibility index (Phi) is 6.19. The minimum Gasteiger partial charge on any atom is -0.494 e. The van der Waals surface area contributed by atoms with E-state index in [-0.39, 0.29) is 23.6 Å². The summed E-state index contributed by atoms with van der Waals surface area (Å²) in [4.78, 5) is 25.6. The number of halogens is 1. The highest BCUT2D eigenvalue weighted by molar-refractivity contribution is 7.08. The van der Waals surface area contributed by atoms with Crippen molar-refractivity contribution < 1.29 is 13.9 Å².